The summed E-state index contributed by atoms with van der Waals surface area (Å²) >= 11 is 0. The summed E-state index contributed by atoms with van der Waals surface area (Å²) in [6, 6.07) is 8.24. The summed E-state index contributed by atoms with van der Waals surface area (Å²) in [7, 11) is 0. The van der Waals surface area contributed by atoms with E-state index in [-0.39, 0.29) is 53.3 Å². The Morgan fingerprint density at radius 3 is 2.58 bits per heavy atom. The summed E-state index contributed by atoms with van der Waals surface area (Å²) in [6.07, 6.45) is -5.42. The lowest BCUT2D eigenvalue weighted by Crippen LogP contribution is -2.40. The number of carbonyl (C=O) groups is 2. The fourth-order valence-corrected chi connectivity index (χ4v) is 4.48. The van der Waals surface area contributed by atoms with Gasteiger partial charge in [0.15, 0.2) is 17.2 Å². The van der Waals surface area contributed by atoms with Gasteiger partial charge < -0.3 is 19.4 Å². The number of aromatic nitrogens is 3. The van der Waals surface area contributed by atoms with Crippen molar-refractivity contribution in [2.24, 2.45) is 0 Å². The van der Waals surface area contributed by atoms with Crippen LogP contribution in [0, 0.1) is 12.7 Å². The topological polar surface area (TPSA) is 102 Å². The number of anilines is 1. The molecule has 2 aromatic carbocycles. The standard InChI is InChI=1S/C27H25F4N5O4/c1-14-32-20-11-18(28)19(12-22(20)39-14)33-24(37)15-6-5-7-16(10-15)36-21-8-9-35(25(38)40-26(2,3)4)13-17(21)23(34-36)27(29,30)31/h5-7,10-12H,8-9,13H2,1-4H3,(H,33,37). The number of benzene rings is 2. The lowest BCUT2D eigenvalue weighted by molar-refractivity contribution is -0.142. The van der Waals surface area contributed by atoms with Crippen molar-refractivity contribution in [1.29, 1.82) is 0 Å². The Hall–Kier alpha value is -4.42. The van der Waals surface area contributed by atoms with Crippen molar-refractivity contribution < 1.29 is 36.3 Å². The molecule has 0 unspecified atom stereocenters. The molecule has 2 aromatic heterocycles. The minimum absolute atomic E-state index is 0.0646. The minimum atomic E-state index is -4.78. The highest BCUT2D eigenvalue weighted by Crippen LogP contribution is 2.36. The maximum Gasteiger partial charge on any atom is 0.435 e. The molecule has 0 saturated carbocycles. The van der Waals surface area contributed by atoms with Crippen LogP contribution in [0.3, 0.4) is 0 Å². The number of nitrogens with one attached hydrogen (secondary N) is 1. The molecule has 4 aromatic rings. The van der Waals surface area contributed by atoms with Crippen molar-refractivity contribution in [3.8, 4) is 5.69 Å². The van der Waals surface area contributed by atoms with Crippen LogP contribution in [0.5, 0.6) is 0 Å². The van der Waals surface area contributed by atoms with Gasteiger partial charge in [-0.1, -0.05) is 6.07 Å². The van der Waals surface area contributed by atoms with Gasteiger partial charge in [-0.2, -0.15) is 18.3 Å². The number of fused-ring (bicyclic) bond motifs is 2. The molecule has 9 nitrogen and oxygen atoms in total. The highest BCUT2D eigenvalue weighted by atomic mass is 19.4. The van der Waals surface area contributed by atoms with Crippen LogP contribution in [0.4, 0.5) is 28.0 Å². The summed E-state index contributed by atoms with van der Waals surface area (Å²) in [4.78, 5) is 30.8. The minimum Gasteiger partial charge on any atom is -0.444 e. The first-order chi connectivity index (χ1) is 18.7. The predicted octanol–water partition coefficient (Wildman–Crippen LogP) is 6.03. The van der Waals surface area contributed by atoms with Gasteiger partial charge in [-0.25, -0.2) is 18.9 Å². The number of aryl methyl sites for hydroxylation is 1. The van der Waals surface area contributed by atoms with Crippen LogP contribution in [-0.2, 0) is 23.9 Å². The molecule has 1 aliphatic heterocycles. The van der Waals surface area contributed by atoms with Gasteiger partial charge in [0.25, 0.3) is 5.91 Å². The Labute approximate surface area is 225 Å². The van der Waals surface area contributed by atoms with Gasteiger partial charge in [-0.15, -0.1) is 0 Å². The summed E-state index contributed by atoms with van der Waals surface area (Å²) < 4.78 is 68.4. The van der Waals surface area contributed by atoms with Gasteiger partial charge >= 0.3 is 12.3 Å². The molecular formula is C27H25F4N5O4. The van der Waals surface area contributed by atoms with Gasteiger partial charge in [0.1, 0.15) is 16.9 Å². The number of nitrogens with zero attached hydrogens (tertiary/aromatic N) is 4. The van der Waals surface area contributed by atoms with Crippen molar-refractivity contribution in [1.82, 2.24) is 19.7 Å². The number of oxazole rings is 1. The Balaban J connectivity index is 1.45. The lowest BCUT2D eigenvalue weighted by Gasteiger charge is -2.30. The fraction of sp³-hybridized carbons (Fsp3) is 0.333. The van der Waals surface area contributed by atoms with Gasteiger partial charge in [0.2, 0.25) is 0 Å². The second-order valence-electron chi connectivity index (χ2n) is 10.4. The summed E-state index contributed by atoms with van der Waals surface area (Å²) in [6.45, 7) is 6.41. The lowest BCUT2D eigenvalue weighted by atomic mass is 10.0. The van der Waals surface area contributed by atoms with Gasteiger partial charge in [0, 0.05) is 43.1 Å². The number of carbonyl (C=O) groups excluding carboxylic acids is 2. The predicted molar refractivity (Wildman–Crippen MR) is 136 cm³/mol. The van der Waals surface area contributed by atoms with E-state index >= 15 is 0 Å². The van der Waals surface area contributed by atoms with E-state index in [4.69, 9.17) is 9.15 Å². The monoisotopic (exact) mass is 559 g/mol. The van der Waals surface area contributed by atoms with Crippen LogP contribution in [0.15, 0.2) is 40.8 Å². The van der Waals surface area contributed by atoms with Crippen LogP contribution in [0.1, 0.15) is 54.0 Å². The van der Waals surface area contributed by atoms with E-state index in [2.05, 4.69) is 15.4 Å². The van der Waals surface area contributed by atoms with Crippen molar-refractivity contribution >= 4 is 28.8 Å². The van der Waals surface area contributed by atoms with Crippen LogP contribution in [0.2, 0.25) is 0 Å². The van der Waals surface area contributed by atoms with Crippen molar-refractivity contribution in [2.75, 3.05) is 11.9 Å². The number of hydrogen-bond acceptors (Lipinski definition) is 6. The van der Waals surface area contributed by atoms with Gasteiger partial charge in [-0.3, -0.25) is 4.79 Å². The zero-order chi connectivity index (χ0) is 29.0. The third-order valence-electron chi connectivity index (χ3n) is 6.16. The normalized spacial score (nSPS) is 13.8. The number of ether oxygens (including phenoxy) is 1. The molecule has 0 saturated heterocycles. The molecule has 0 bridgehead atoms. The second-order valence-corrected chi connectivity index (χ2v) is 10.4. The van der Waals surface area contributed by atoms with Crippen LogP contribution < -0.4 is 5.32 Å². The van der Waals surface area contributed by atoms with Gasteiger partial charge in [0.05, 0.1) is 23.6 Å². The average molecular weight is 560 g/mol. The largest absolute Gasteiger partial charge is 0.444 e. The molecule has 1 N–H and O–H groups in total. The highest BCUT2D eigenvalue weighted by molar-refractivity contribution is 6.05. The molecule has 210 valence electrons. The average Bonchev–Trinajstić information content (AvgIpc) is 3.42. The first-order valence-corrected chi connectivity index (χ1v) is 12.3. The van der Waals surface area contributed by atoms with Gasteiger partial charge in [-0.05, 0) is 39.0 Å². The Bertz CT molecular complexity index is 1630. The van der Waals surface area contributed by atoms with Crippen LogP contribution in [0.25, 0.3) is 16.8 Å². The first-order valence-electron chi connectivity index (χ1n) is 12.3. The molecule has 13 heteroatoms. The third-order valence-corrected chi connectivity index (χ3v) is 6.16. The summed E-state index contributed by atoms with van der Waals surface area (Å²) in [5, 5.41) is 6.30. The Morgan fingerprint density at radius 2 is 1.88 bits per heavy atom. The molecule has 0 spiro atoms. The smallest absolute Gasteiger partial charge is 0.435 e. The van der Waals surface area contributed by atoms with Crippen molar-refractivity contribution in [2.45, 2.75) is 52.4 Å². The summed E-state index contributed by atoms with van der Waals surface area (Å²) in [5.41, 5.74) is -1.10. The molecule has 0 aliphatic carbocycles. The van der Waals surface area contributed by atoms with E-state index in [0.717, 1.165) is 10.7 Å². The van der Waals surface area contributed by atoms with Crippen molar-refractivity contribution in [3.05, 3.63) is 70.6 Å². The second kappa shape index (κ2) is 9.65. The molecule has 40 heavy (non-hydrogen) atoms. The molecule has 2 amide bonds. The SMILES string of the molecule is Cc1nc2cc(F)c(NC(=O)c3cccc(-n4nc(C(F)(F)F)c5c4CCN(C(=O)OC(C)(C)C)C5)c3)cc2o1. The van der Waals surface area contributed by atoms with E-state index in [1.807, 2.05) is 0 Å². The van der Waals surface area contributed by atoms with Crippen LogP contribution >= 0.6 is 0 Å². The maximum atomic E-state index is 14.6. The van der Waals surface area contributed by atoms with E-state index < -0.39 is 35.3 Å². The Morgan fingerprint density at radius 1 is 1.12 bits per heavy atom. The van der Waals surface area contributed by atoms with E-state index in [1.54, 1.807) is 27.7 Å². The molecule has 0 atom stereocenters. The number of hydrogen-bond donors (Lipinski definition) is 1. The fourth-order valence-electron chi connectivity index (χ4n) is 4.48. The molecule has 5 rings (SSSR count). The number of rotatable bonds is 3. The first kappa shape index (κ1) is 27.2. The number of amides is 2. The maximum absolute atomic E-state index is 14.6. The third kappa shape index (κ3) is 5.36. The van der Waals surface area contributed by atoms with E-state index in [1.165, 1.54) is 35.2 Å². The Kier molecular flexibility index (Phi) is 6.55. The van der Waals surface area contributed by atoms with Crippen molar-refractivity contribution in [3.63, 3.8) is 0 Å². The van der Waals surface area contributed by atoms with Crippen LogP contribution in [-0.4, -0.2) is 43.8 Å². The molecule has 1 aliphatic rings. The molecule has 3 heterocycles. The molecule has 0 radical (unpaired) electrons. The number of alkyl halides is 3. The van der Waals surface area contributed by atoms with E-state index in [0.29, 0.717) is 11.4 Å². The molecular weight excluding hydrogens is 534 g/mol. The zero-order valence-electron chi connectivity index (χ0n) is 22.0. The van der Waals surface area contributed by atoms with E-state index in [9.17, 15) is 27.2 Å². The number of halogens is 4. The quantitative estimate of drug-likeness (QED) is 0.308. The summed E-state index contributed by atoms with van der Waals surface area (Å²) in [5.74, 6) is -1.08. The molecule has 0 fully saturated rings. The zero-order valence-corrected chi connectivity index (χ0v) is 22.0. The highest BCUT2D eigenvalue weighted by Gasteiger charge is 2.42.